The lowest BCUT2D eigenvalue weighted by atomic mass is 9.96. The molecule has 0 unspecified atom stereocenters. The summed E-state index contributed by atoms with van der Waals surface area (Å²) < 4.78 is 6.52. The Morgan fingerprint density at radius 2 is 1.94 bits per heavy atom. The molecule has 1 aromatic heterocycles. The van der Waals surface area contributed by atoms with Crippen molar-refractivity contribution in [3.63, 3.8) is 0 Å². The highest BCUT2D eigenvalue weighted by atomic mass is 79.9. The zero-order valence-corrected chi connectivity index (χ0v) is 22.2. The van der Waals surface area contributed by atoms with E-state index in [0.29, 0.717) is 43.0 Å². The van der Waals surface area contributed by atoms with Crippen LogP contribution in [0.1, 0.15) is 40.0 Å². The minimum Gasteiger partial charge on any atom is -0.488 e. The normalized spacial score (nSPS) is 12.9. The van der Waals surface area contributed by atoms with Crippen LogP contribution in [0.4, 0.5) is 5.00 Å². The summed E-state index contributed by atoms with van der Waals surface area (Å²) >= 11 is 16.9. The number of nitrogens with one attached hydrogen (secondary N) is 1. The van der Waals surface area contributed by atoms with Crippen LogP contribution in [0, 0.1) is 22.7 Å². The fourth-order valence-electron chi connectivity index (χ4n) is 3.77. The third-order valence-corrected chi connectivity index (χ3v) is 8.09. The fourth-order valence-corrected chi connectivity index (χ4v) is 5.84. The second-order valence-corrected chi connectivity index (χ2v) is 10.7. The van der Waals surface area contributed by atoms with Crippen LogP contribution in [-0.4, -0.2) is 5.91 Å². The summed E-state index contributed by atoms with van der Waals surface area (Å²) in [6.45, 7) is 0.294. The van der Waals surface area contributed by atoms with Crippen molar-refractivity contribution in [1.82, 2.24) is 0 Å². The number of nitrogens with zero attached hydrogens (tertiary/aromatic N) is 2. The molecule has 3 aromatic rings. The van der Waals surface area contributed by atoms with Crippen molar-refractivity contribution < 1.29 is 9.53 Å². The number of nitriles is 2. The largest absolute Gasteiger partial charge is 0.488 e. The van der Waals surface area contributed by atoms with Crippen LogP contribution >= 0.6 is 50.5 Å². The van der Waals surface area contributed by atoms with Crippen LogP contribution in [0.15, 0.2) is 46.4 Å². The molecule has 1 heterocycles. The average Bonchev–Trinajstić information content (AvgIpc) is 3.20. The molecule has 0 bridgehead atoms. The van der Waals surface area contributed by atoms with Gasteiger partial charge in [-0.15, -0.1) is 11.3 Å². The lowest BCUT2D eigenvalue weighted by Crippen LogP contribution is -2.13. The Kier molecular flexibility index (Phi) is 8.15. The molecule has 1 aliphatic carbocycles. The number of halogens is 3. The van der Waals surface area contributed by atoms with Crippen molar-refractivity contribution in [2.24, 2.45) is 0 Å². The zero-order chi connectivity index (χ0) is 24.9. The number of benzene rings is 2. The second-order valence-electron chi connectivity index (χ2n) is 7.88. The summed E-state index contributed by atoms with van der Waals surface area (Å²) in [5.74, 6) is 0.0534. The number of carbonyl (C=O) groups is 1. The standard InChI is InChI=1S/C26H18BrCl2N3O2S/c27-20-10-15(6-8-23(20)34-14-16-5-7-21(28)22(29)11-16)9-17(12-30)25(33)32-26-19(13-31)18-3-1-2-4-24(18)35-26/h5-11H,1-4,14H2,(H,32,33)/b17-9+. The molecule has 0 radical (unpaired) electrons. The van der Waals surface area contributed by atoms with Gasteiger partial charge >= 0.3 is 0 Å². The van der Waals surface area contributed by atoms with E-state index in [-0.39, 0.29) is 5.57 Å². The molecule has 0 saturated carbocycles. The van der Waals surface area contributed by atoms with Gasteiger partial charge < -0.3 is 10.1 Å². The Labute approximate surface area is 225 Å². The molecule has 9 heteroatoms. The van der Waals surface area contributed by atoms with Crippen molar-refractivity contribution >= 4 is 67.5 Å². The van der Waals surface area contributed by atoms with Crippen LogP contribution in [0.25, 0.3) is 6.08 Å². The van der Waals surface area contributed by atoms with Gasteiger partial charge in [-0.05, 0) is 88.6 Å². The van der Waals surface area contributed by atoms with Crippen LogP contribution in [0.3, 0.4) is 0 Å². The molecule has 0 aliphatic heterocycles. The molecule has 0 saturated heterocycles. The van der Waals surface area contributed by atoms with Crippen molar-refractivity contribution in [2.75, 3.05) is 5.32 Å². The molecule has 35 heavy (non-hydrogen) atoms. The Morgan fingerprint density at radius 3 is 2.66 bits per heavy atom. The number of thiophene rings is 1. The zero-order valence-electron chi connectivity index (χ0n) is 18.3. The minimum atomic E-state index is -0.543. The van der Waals surface area contributed by atoms with Crippen molar-refractivity contribution in [2.45, 2.75) is 32.3 Å². The number of ether oxygens (including phenoxy) is 1. The van der Waals surface area contributed by atoms with Gasteiger partial charge in [0.05, 0.1) is 20.1 Å². The quantitative estimate of drug-likeness (QED) is 0.237. The SMILES string of the molecule is N#C/C(=C\c1ccc(OCc2ccc(Cl)c(Cl)c2)c(Br)c1)C(=O)Nc1sc2c(c1C#N)CCCC2. The number of hydrogen-bond donors (Lipinski definition) is 1. The van der Waals surface area contributed by atoms with Gasteiger partial charge in [0.15, 0.2) is 0 Å². The highest BCUT2D eigenvalue weighted by molar-refractivity contribution is 9.10. The first kappa shape index (κ1) is 25.3. The molecule has 176 valence electrons. The molecule has 2 aromatic carbocycles. The number of anilines is 1. The molecule has 0 fully saturated rings. The van der Waals surface area contributed by atoms with Crippen LogP contribution in [0.5, 0.6) is 5.75 Å². The first-order valence-corrected chi connectivity index (χ1v) is 13.1. The number of fused-ring (bicyclic) bond motifs is 1. The van der Waals surface area contributed by atoms with Crippen molar-refractivity contribution in [1.29, 1.82) is 10.5 Å². The summed E-state index contributed by atoms with van der Waals surface area (Å²) in [7, 11) is 0. The summed E-state index contributed by atoms with van der Waals surface area (Å²) in [6.07, 6.45) is 5.38. The van der Waals surface area contributed by atoms with Gasteiger partial charge in [0.2, 0.25) is 0 Å². The van der Waals surface area contributed by atoms with Gasteiger partial charge in [0, 0.05) is 4.88 Å². The van der Waals surface area contributed by atoms with Crippen LogP contribution in [0.2, 0.25) is 10.0 Å². The number of rotatable bonds is 6. The third kappa shape index (κ3) is 5.89. The number of hydrogen-bond acceptors (Lipinski definition) is 5. The molecule has 0 spiro atoms. The molecule has 5 nitrogen and oxygen atoms in total. The summed E-state index contributed by atoms with van der Waals surface area (Å²) in [4.78, 5) is 14.0. The fraction of sp³-hybridized carbons (Fsp3) is 0.192. The highest BCUT2D eigenvalue weighted by Gasteiger charge is 2.22. The van der Waals surface area contributed by atoms with E-state index in [1.165, 1.54) is 17.4 Å². The number of carbonyl (C=O) groups excluding carboxylic acids is 1. The first-order valence-electron chi connectivity index (χ1n) is 10.7. The monoisotopic (exact) mass is 585 g/mol. The van der Waals surface area contributed by atoms with Crippen LogP contribution < -0.4 is 10.1 Å². The maximum absolute atomic E-state index is 12.8. The van der Waals surface area contributed by atoms with Crippen LogP contribution in [-0.2, 0) is 24.2 Å². The molecule has 4 rings (SSSR count). The van der Waals surface area contributed by atoms with E-state index in [1.807, 2.05) is 12.1 Å². The van der Waals surface area contributed by atoms with Gasteiger partial charge in [-0.1, -0.05) is 35.3 Å². The molecule has 1 N–H and O–H groups in total. The minimum absolute atomic E-state index is 0.0587. The second kappa shape index (κ2) is 11.3. The van der Waals surface area contributed by atoms with E-state index in [0.717, 1.165) is 41.7 Å². The summed E-state index contributed by atoms with van der Waals surface area (Å²) in [6, 6.07) is 14.7. The van der Waals surface area contributed by atoms with Crippen molar-refractivity contribution in [3.05, 3.63) is 83.6 Å². The average molecular weight is 587 g/mol. The highest BCUT2D eigenvalue weighted by Crippen LogP contribution is 2.38. The Hall–Kier alpha value is -2.81. The summed E-state index contributed by atoms with van der Waals surface area (Å²) in [5, 5.41) is 23.4. The van der Waals surface area contributed by atoms with E-state index >= 15 is 0 Å². The maximum atomic E-state index is 12.8. The predicted octanol–water partition coefficient (Wildman–Crippen LogP) is 7.69. The van der Waals surface area contributed by atoms with E-state index < -0.39 is 5.91 Å². The first-order chi connectivity index (χ1) is 16.9. The van der Waals surface area contributed by atoms with Gasteiger partial charge in [-0.2, -0.15) is 10.5 Å². The molecule has 0 atom stereocenters. The smallest absolute Gasteiger partial charge is 0.266 e. The van der Waals surface area contributed by atoms with E-state index in [4.69, 9.17) is 27.9 Å². The van der Waals surface area contributed by atoms with E-state index in [2.05, 4.69) is 27.3 Å². The Balaban J connectivity index is 1.48. The molecule has 1 aliphatic rings. The lowest BCUT2D eigenvalue weighted by molar-refractivity contribution is -0.112. The van der Waals surface area contributed by atoms with Gasteiger partial charge in [0.1, 0.15) is 35.1 Å². The third-order valence-electron chi connectivity index (χ3n) is 5.52. The molecule has 1 amide bonds. The Morgan fingerprint density at radius 1 is 1.14 bits per heavy atom. The van der Waals surface area contributed by atoms with Crippen molar-refractivity contribution in [3.8, 4) is 17.9 Å². The summed E-state index contributed by atoms with van der Waals surface area (Å²) in [5.41, 5.74) is 3.00. The lowest BCUT2D eigenvalue weighted by Gasteiger charge is -2.10. The number of amides is 1. The maximum Gasteiger partial charge on any atom is 0.266 e. The molecular formula is C26H18BrCl2N3O2S. The van der Waals surface area contributed by atoms with E-state index in [9.17, 15) is 15.3 Å². The predicted molar refractivity (Wildman–Crippen MR) is 143 cm³/mol. The Bertz CT molecular complexity index is 1420. The number of aryl methyl sites for hydroxylation is 1. The molecular weight excluding hydrogens is 569 g/mol. The van der Waals surface area contributed by atoms with Gasteiger partial charge in [0.25, 0.3) is 5.91 Å². The van der Waals surface area contributed by atoms with Gasteiger partial charge in [-0.3, -0.25) is 4.79 Å². The van der Waals surface area contributed by atoms with E-state index in [1.54, 1.807) is 30.3 Å². The topological polar surface area (TPSA) is 85.9 Å². The van der Waals surface area contributed by atoms with Gasteiger partial charge in [-0.25, -0.2) is 0 Å².